The molecule has 1 unspecified atom stereocenters. The summed E-state index contributed by atoms with van der Waals surface area (Å²) in [6.45, 7) is 0.547. The van der Waals surface area contributed by atoms with Crippen molar-refractivity contribution in [2.45, 2.75) is 25.3 Å². The molecule has 2 rings (SSSR count). The molecule has 1 N–H and O–H groups in total. The summed E-state index contributed by atoms with van der Waals surface area (Å²) in [5, 5.41) is 9.10. The van der Waals surface area contributed by atoms with Crippen LogP contribution in [0.3, 0.4) is 0 Å². The number of hydrogen-bond donors (Lipinski definition) is 1. The van der Waals surface area contributed by atoms with Crippen LogP contribution in [0, 0.1) is 0 Å². The van der Waals surface area contributed by atoms with Gasteiger partial charge < -0.3 is 14.9 Å². The highest BCUT2D eigenvalue weighted by atomic mass is 16.4. The Morgan fingerprint density at radius 1 is 1.30 bits per heavy atom. The van der Waals surface area contributed by atoms with E-state index in [1.165, 1.54) is 4.90 Å². The van der Waals surface area contributed by atoms with Crippen LogP contribution in [0.25, 0.3) is 0 Å². The van der Waals surface area contributed by atoms with Gasteiger partial charge in [0.05, 0.1) is 6.42 Å². The van der Waals surface area contributed by atoms with Gasteiger partial charge in [0.25, 0.3) is 0 Å². The predicted molar refractivity (Wildman–Crippen MR) is 76.8 cm³/mol. The van der Waals surface area contributed by atoms with Gasteiger partial charge in [0, 0.05) is 26.3 Å². The molecule has 1 fully saturated rings. The molecule has 1 saturated heterocycles. The topological polar surface area (TPSA) is 60.9 Å². The third kappa shape index (κ3) is 3.10. The van der Waals surface area contributed by atoms with Crippen molar-refractivity contribution in [2.24, 2.45) is 0 Å². The van der Waals surface area contributed by atoms with E-state index in [2.05, 4.69) is 0 Å². The molecule has 108 valence electrons. The summed E-state index contributed by atoms with van der Waals surface area (Å²) in [5.41, 5.74) is 1.99. The standard InChI is InChI=1S/C15H20N2O3/c1-16(2)12-7-5-11(6-8-12)10-14(18)17-9-3-4-13(17)15(19)20/h5-8,13H,3-4,9-10H2,1-2H3,(H,19,20). The van der Waals surface area contributed by atoms with Gasteiger partial charge in [-0.05, 0) is 30.5 Å². The molecule has 1 heterocycles. The largest absolute Gasteiger partial charge is 0.480 e. The molecule has 0 aromatic heterocycles. The molecule has 0 saturated carbocycles. The van der Waals surface area contributed by atoms with Gasteiger partial charge in [-0.2, -0.15) is 0 Å². The maximum absolute atomic E-state index is 12.2. The fourth-order valence-electron chi connectivity index (χ4n) is 2.51. The molecule has 20 heavy (non-hydrogen) atoms. The van der Waals surface area contributed by atoms with Crippen LogP contribution < -0.4 is 4.90 Å². The lowest BCUT2D eigenvalue weighted by Gasteiger charge is -2.21. The highest BCUT2D eigenvalue weighted by Crippen LogP contribution is 2.19. The summed E-state index contributed by atoms with van der Waals surface area (Å²) >= 11 is 0. The van der Waals surface area contributed by atoms with E-state index < -0.39 is 12.0 Å². The summed E-state index contributed by atoms with van der Waals surface area (Å²) in [7, 11) is 3.92. The lowest BCUT2D eigenvalue weighted by molar-refractivity contribution is -0.148. The van der Waals surface area contributed by atoms with Gasteiger partial charge in [-0.1, -0.05) is 12.1 Å². The Morgan fingerprint density at radius 2 is 1.95 bits per heavy atom. The number of nitrogens with zero attached hydrogens (tertiary/aromatic N) is 2. The quantitative estimate of drug-likeness (QED) is 0.902. The van der Waals surface area contributed by atoms with Crippen molar-refractivity contribution in [3.05, 3.63) is 29.8 Å². The maximum Gasteiger partial charge on any atom is 0.326 e. The van der Waals surface area contributed by atoms with Gasteiger partial charge in [0.15, 0.2) is 0 Å². The van der Waals surface area contributed by atoms with Gasteiger partial charge in [-0.3, -0.25) is 4.79 Å². The molecule has 1 aromatic rings. The molecule has 0 bridgehead atoms. The average Bonchev–Trinajstić information content (AvgIpc) is 2.88. The van der Waals surface area contributed by atoms with Crippen LogP contribution in [-0.4, -0.2) is 48.6 Å². The van der Waals surface area contributed by atoms with Crippen molar-refractivity contribution >= 4 is 17.6 Å². The van der Waals surface area contributed by atoms with Crippen LogP contribution in [-0.2, 0) is 16.0 Å². The highest BCUT2D eigenvalue weighted by Gasteiger charge is 2.33. The number of amides is 1. The monoisotopic (exact) mass is 276 g/mol. The summed E-state index contributed by atoms with van der Waals surface area (Å²) < 4.78 is 0. The van der Waals surface area contributed by atoms with Crippen LogP contribution in [0.15, 0.2) is 24.3 Å². The first-order chi connectivity index (χ1) is 9.49. The Morgan fingerprint density at radius 3 is 2.50 bits per heavy atom. The van der Waals surface area contributed by atoms with E-state index in [0.29, 0.717) is 13.0 Å². The van der Waals surface area contributed by atoms with E-state index in [0.717, 1.165) is 17.7 Å². The fourth-order valence-corrected chi connectivity index (χ4v) is 2.51. The van der Waals surface area contributed by atoms with E-state index in [-0.39, 0.29) is 12.3 Å². The normalized spacial score (nSPS) is 18.1. The lowest BCUT2D eigenvalue weighted by Crippen LogP contribution is -2.41. The van der Waals surface area contributed by atoms with Gasteiger partial charge in [0.2, 0.25) is 5.91 Å². The second-order valence-corrected chi connectivity index (χ2v) is 5.32. The fraction of sp³-hybridized carbons (Fsp3) is 0.467. The Hall–Kier alpha value is -2.04. The molecule has 5 heteroatoms. The Labute approximate surface area is 118 Å². The third-order valence-electron chi connectivity index (χ3n) is 3.67. The number of carboxylic acid groups (broad SMARTS) is 1. The first-order valence-electron chi connectivity index (χ1n) is 6.77. The van der Waals surface area contributed by atoms with Crippen molar-refractivity contribution < 1.29 is 14.7 Å². The molecule has 1 amide bonds. The van der Waals surface area contributed by atoms with E-state index in [9.17, 15) is 9.59 Å². The van der Waals surface area contributed by atoms with Gasteiger partial charge in [-0.25, -0.2) is 4.79 Å². The average molecular weight is 276 g/mol. The molecule has 5 nitrogen and oxygen atoms in total. The molecule has 1 aliphatic heterocycles. The molecule has 1 aliphatic rings. The van der Waals surface area contributed by atoms with Crippen molar-refractivity contribution in [2.75, 3.05) is 25.5 Å². The van der Waals surface area contributed by atoms with Crippen molar-refractivity contribution in [1.29, 1.82) is 0 Å². The number of carboxylic acids is 1. The minimum absolute atomic E-state index is 0.104. The summed E-state index contributed by atoms with van der Waals surface area (Å²) in [5.74, 6) is -1.01. The number of anilines is 1. The van der Waals surface area contributed by atoms with Gasteiger partial charge >= 0.3 is 5.97 Å². The number of aliphatic carboxylic acids is 1. The summed E-state index contributed by atoms with van der Waals surface area (Å²) in [4.78, 5) is 26.8. The second-order valence-electron chi connectivity index (χ2n) is 5.32. The van der Waals surface area contributed by atoms with Gasteiger partial charge in [-0.15, -0.1) is 0 Å². The summed E-state index contributed by atoms with van der Waals surface area (Å²) in [6.07, 6.45) is 1.58. The van der Waals surface area contributed by atoms with E-state index in [1.54, 1.807) is 0 Å². The number of likely N-dealkylation sites (tertiary alicyclic amines) is 1. The minimum Gasteiger partial charge on any atom is -0.480 e. The van der Waals surface area contributed by atoms with Crippen LogP contribution in [0.1, 0.15) is 18.4 Å². The molecular weight excluding hydrogens is 256 g/mol. The Balaban J connectivity index is 2.02. The van der Waals surface area contributed by atoms with Crippen LogP contribution in [0.5, 0.6) is 0 Å². The lowest BCUT2D eigenvalue weighted by atomic mass is 10.1. The molecule has 0 aliphatic carbocycles. The Bertz CT molecular complexity index is 496. The minimum atomic E-state index is -0.904. The number of benzene rings is 1. The number of carbonyl (C=O) groups excluding carboxylic acids is 1. The maximum atomic E-state index is 12.2. The zero-order valence-corrected chi connectivity index (χ0v) is 11.9. The van der Waals surface area contributed by atoms with Crippen molar-refractivity contribution in [3.63, 3.8) is 0 Å². The van der Waals surface area contributed by atoms with Gasteiger partial charge in [0.1, 0.15) is 6.04 Å². The predicted octanol–water partition coefficient (Wildman–Crippen LogP) is 1.37. The molecular formula is C15H20N2O3. The summed E-state index contributed by atoms with van der Waals surface area (Å²) in [6, 6.07) is 7.10. The smallest absolute Gasteiger partial charge is 0.326 e. The number of hydrogen-bond acceptors (Lipinski definition) is 3. The molecule has 1 aromatic carbocycles. The second kappa shape index (κ2) is 5.94. The molecule has 0 radical (unpaired) electrons. The molecule has 0 spiro atoms. The SMILES string of the molecule is CN(C)c1ccc(CC(=O)N2CCCC2C(=O)O)cc1. The van der Waals surface area contributed by atoms with Crippen LogP contribution >= 0.6 is 0 Å². The molecule has 1 atom stereocenters. The van der Waals surface area contributed by atoms with Crippen LogP contribution in [0.2, 0.25) is 0 Å². The van der Waals surface area contributed by atoms with E-state index in [1.807, 2.05) is 43.3 Å². The first kappa shape index (κ1) is 14.4. The zero-order chi connectivity index (χ0) is 14.7. The first-order valence-corrected chi connectivity index (χ1v) is 6.77. The Kier molecular flexibility index (Phi) is 4.27. The third-order valence-corrected chi connectivity index (χ3v) is 3.67. The van der Waals surface area contributed by atoms with Crippen molar-refractivity contribution in [1.82, 2.24) is 4.90 Å². The van der Waals surface area contributed by atoms with E-state index >= 15 is 0 Å². The number of carbonyl (C=O) groups is 2. The highest BCUT2D eigenvalue weighted by molar-refractivity contribution is 5.85. The zero-order valence-electron chi connectivity index (χ0n) is 11.9. The van der Waals surface area contributed by atoms with Crippen molar-refractivity contribution in [3.8, 4) is 0 Å². The number of rotatable bonds is 4. The van der Waals surface area contributed by atoms with Crippen LogP contribution in [0.4, 0.5) is 5.69 Å². The van der Waals surface area contributed by atoms with E-state index in [4.69, 9.17) is 5.11 Å².